The summed E-state index contributed by atoms with van der Waals surface area (Å²) in [7, 11) is 0. The minimum atomic E-state index is -0.218. The highest BCUT2D eigenvalue weighted by atomic mass is 19.1. The van der Waals surface area contributed by atoms with E-state index in [2.05, 4.69) is 25.1 Å². The number of anilines is 5. The number of piperazine rings is 1. The first-order valence-electron chi connectivity index (χ1n) is 9.30. The smallest absolute Gasteiger partial charge is 0.159 e. The van der Waals surface area contributed by atoms with Gasteiger partial charge < -0.3 is 20.9 Å². The maximum Gasteiger partial charge on any atom is 0.159 e. The minimum absolute atomic E-state index is 0.218. The van der Waals surface area contributed by atoms with E-state index in [1.807, 2.05) is 43.3 Å². The van der Waals surface area contributed by atoms with Crippen LogP contribution in [0.2, 0.25) is 0 Å². The second kappa shape index (κ2) is 7.72. The molecule has 28 heavy (non-hydrogen) atoms. The number of aryl methyl sites for hydroxylation is 1. The van der Waals surface area contributed by atoms with Crippen LogP contribution in [0, 0.1) is 12.7 Å². The summed E-state index contributed by atoms with van der Waals surface area (Å²) in [5, 5.41) is 3.28. The maximum atomic E-state index is 13.1. The van der Waals surface area contributed by atoms with Gasteiger partial charge in [-0.05, 0) is 48.9 Å². The van der Waals surface area contributed by atoms with Crippen molar-refractivity contribution in [2.75, 3.05) is 47.0 Å². The van der Waals surface area contributed by atoms with Crippen LogP contribution in [0.1, 0.15) is 5.56 Å². The molecular formula is C21H23FN6. The predicted octanol–water partition coefficient (Wildman–Crippen LogP) is 3.58. The molecule has 0 spiro atoms. The van der Waals surface area contributed by atoms with Crippen molar-refractivity contribution in [1.82, 2.24) is 9.97 Å². The van der Waals surface area contributed by atoms with E-state index in [9.17, 15) is 4.39 Å². The number of hydrogen-bond acceptors (Lipinski definition) is 6. The standard InChI is InChI=1S/C21H23FN6/c1-15-3-2-4-17(13-15)26-20-19(23)21(25-14-24-20)28-11-9-27(10-12-28)18-7-5-16(22)6-8-18/h2-8,13-14H,9-12,23H2,1H3,(H,24,25,26). The molecule has 1 saturated heterocycles. The lowest BCUT2D eigenvalue weighted by atomic mass is 10.2. The molecule has 144 valence electrons. The quantitative estimate of drug-likeness (QED) is 0.723. The van der Waals surface area contributed by atoms with Gasteiger partial charge in [-0.15, -0.1) is 0 Å². The Morgan fingerprint density at radius 3 is 2.39 bits per heavy atom. The van der Waals surface area contributed by atoms with Crippen LogP contribution in [0.5, 0.6) is 0 Å². The number of aromatic nitrogens is 2. The molecule has 4 rings (SSSR count). The van der Waals surface area contributed by atoms with E-state index >= 15 is 0 Å². The van der Waals surface area contributed by atoms with Gasteiger partial charge in [-0.1, -0.05) is 12.1 Å². The van der Waals surface area contributed by atoms with Crippen LogP contribution in [0.15, 0.2) is 54.9 Å². The summed E-state index contributed by atoms with van der Waals surface area (Å²) in [5.41, 5.74) is 10.0. The van der Waals surface area contributed by atoms with Gasteiger partial charge in [-0.2, -0.15) is 0 Å². The third-order valence-corrected chi connectivity index (χ3v) is 4.91. The fourth-order valence-corrected chi connectivity index (χ4v) is 3.43. The van der Waals surface area contributed by atoms with Crippen molar-refractivity contribution in [3.8, 4) is 0 Å². The van der Waals surface area contributed by atoms with Crippen LogP contribution in [0.25, 0.3) is 0 Å². The van der Waals surface area contributed by atoms with Crippen molar-refractivity contribution >= 4 is 28.7 Å². The van der Waals surface area contributed by atoms with Gasteiger partial charge in [0.1, 0.15) is 17.8 Å². The number of benzene rings is 2. The third kappa shape index (κ3) is 3.83. The van der Waals surface area contributed by atoms with Gasteiger partial charge in [0.15, 0.2) is 11.6 Å². The van der Waals surface area contributed by atoms with E-state index in [1.165, 1.54) is 18.5 Å². The topological polar surface area (TPSA) is 70.3 Å². The second-order valence-electron chi connectivity index (χ2n) is 6.90. The van der Waals surface area contributed by atoms with Crippen molar-refractivity contribution in [2.45, 2.75) is 6.92 Å². The highest BCUT2D eigenvalue weighted by molar-refractivity contribution is 5.78. The van der Waals surface area contributed by atoms with Crippen molar-refractivity contribution in [1.29, 1.82) is 0 Å². The van der Waals surface area contributed by atoms with E-state index < -0.39 is 0 Å². The summed E-state index contributed by atoms with van der Waals surface area (Å²) in [5.74, 6) is 1.13. The lowest BCUT2D eigenvalue weighted by Crippen LogP contribution is -2.47. The van der Waals surface area contributed by atoms with Gasteiger partial charge in [-0.3, -0.25) is 0 Å². The molecule has 6 nitrogen and oxygen atoms in total. The summed E-state index contributed by atoms with van der Waals surface area (Å²) in [4.78, 5) is 13.1. The lowest BCUT2D eigenvalue weighted by molar-refractivity contribution is 0.624. The van der Waals surface area contributed by atoms with Crippen LogP contribution in [0.3, 0.4) is 0 Å². The Morgan fingerprint density at radius 1 is 0.964 bits per heavy atom. The number of nitrogen functional groups attached to an aromatic ring is 1. The van der Waals surface area contributed by atoms with E-state index in [0.717, 1.165) is 48.9 Å². The number of halogens is 1. The molecule has 7 heteroatoms. The molecule has 0 saturated carbocycles. The molecular weight excluding hydrogens is 355 g/mol. The minimum Gasteiger partial charge on any atom is -0.393 e. The Bertz CT molecular complexity index is 951. The van der Waals surface area contributed by atoms with Gasteiger partial charge >= 0.3 is 0 Å². The van der Waals surface area contributed by atoms with Gasteiger partial charge in [-0.25, -0.2) is 14.4 Å². The molecule has 0 radical (unpaired) electrons. The van der Waals surface area contributed by atoms with E-state index in [0.29, 0.717) is 11.5 Å². The van der Waals surface area contributed by atoms with E-state index in [4.69, 9.17) is 5.73 Å². The molecule has 2 aromatic carbocycles. The molecule has 1 aromatic heterocycles. The Kier molecular flexibility index (Phi) is 4.97. The van der Waals surface area contributed by atoms with Crippen LogP contribution in [-0.2, 0) is 0 Å². The maximum absolute atomic E-state index is 13.1. The van der Waals surface area contributed by atoms with Crippen molar-refractivity contribution in [3.05, 3.63) is 66.2 Å². The molecule has 0 atom stereocenters. The first kappa shape index (κ1) is 18.0. The number of nitrogens with two attached hydrogens (primary N) is 1. The summed E-state index contributed by atoms with van der Waals surface area (Å²) in [6.45, 7) is 5.23. The first-order chi connectivity index (χ1) is 13.6. The molecule has 3 aromatic rings. The van der Waals surface area contributed by atoms with Gasteiger partial charge in [0, 0.05) is 37.6 Å². The molecule has 0 unspecified atom stereocenters. The second-order valence-corrected chi connectivity index (χ2v) is 6.90. The average molecular weight is 378 g/mol. The Balaban J connectivity index is 1.47. The van der Waals surface area contributed by atoms with Gasteiger partial charge in [0.05, 0.1) is 0 Å². The Labute approximate surface area is 163 Å². The monoisotopic (exact) mass is 378 g/mol. The van der Waals surface area contributed by atoms with Crippen LogP contribution >= 0.6 is 0 Å². The number of hydrogen-bond donors (Lipinski definition) is 2. The van der Waals surface area contributed by atoms with Gasteiger partial charge in [0.2, 0.25) is 0 Å². The summed E-state index contributed by atoms with van der Waals surface area (Å²) >= 11 is 0. The van der Waals surface area contributed by atoms with Crippen LogP contribution < -0.4 is 20.9 Å². The Morgan fingerprint density at radius 2 is 1.68 bits per heavy atom. The molecule has 2 heterocycles. The molecule has 0 bridgehead atoms. The molecule has 1 fully saturated rings. The molecule has 0 amide bonds. The number of nitrogens with one attached hydrogen (secondary N) is 1. The molecule has 1 aliphatic rings. The van der Waals surface area contributed by atoms with Crippen molar-refractivity contribution in [2.24, 2.45) is 0 Å². The predicted molar refractivity (Wildman–Crippen MR) is 112 cm³/mol. The van der Waals surface area contributed by atoms with Gasteiger partial charge in [0.25, 0.3) is 0 Å². The third-order valence-electron chi connectivity index (χ3n) is 4.91. The fraction of sp³-hybridized carbons (Fsp3) is 0.238. The zero-order valence-electron chi connectivity index (χ0n) is 15.8. The normalized spacial score (nSPS) is 14.2. The number of rotatable bonds is 4. The highest BCUT2D eigenvalue weighted by Gasteiger charge is 2.21. The summed E-state index contributed by atoms with van der Waals surface area (Å²) in [6.07, 6.45) is 1.54. The SMILES string of the molecule is Cc1cccc(Nc2ncnc(N3CCN(c4ccc(F)cc4)CC3)c2N)c1. The molecule has 0 aliphatic carbocycles. The highest BCUT2D eigenvalue weighted by Crippen LogP contribution is 2.30. The zero-order chi connectivity index (χ0) is 19.5. The molecule has 1 aliphatic heterocycles. The first-order valence-corrected chi connectivity index (χ1v) is 9.30. The van der Waals surface area contributed by atoms with E-state index in [1.54, 1.807) is 0 Å². The summed E-state index contributed by atoms with van der Waals surface area (Å²) in [6, 6.07) is 14.7. The Hall–Kier alpha value is -3.35. The van der Waals surface area contributed by atoms with Crippen LogP contribution in [0.4, 0.5) is 33.1 Å². The number of nitrogens with zero attached hydrogens (tertiary/aromatic N) is 4. The molecule has 3 N–H and O–H groups in total. The lowest BCUT2D eigenvalue weighted by Gasteiger charge is -2.37. The zero-order valence-corrected chi connectivity index (χ0v) is 15.8. The van der Waals surface area contributed by atoms with Crippen molar-refractivity contribution in [3.63, 3.8) is 0 Å². The van der Waals surface area contributed by atoms with Crippen molar-refractivity contribution < 1.29 is 4.39 Å². The summed E-state index contributed by atoms with van der Waals surface area (Å²) < 4.78 is 13.1. The average Bonchev–Trinajstić information content (AvgIpc) is 2.71. The van der Waals surface area contributed by atoms with E-state index in [-0.39, 0.29) is 5.82 Å². The van der Waals surface area contributed by atoms with Crippen LogP contribution in [-0.4, -0.2) is 36.1 Å². The largest absolute Gasteiger partial charge is 0.393 e. The fourth-order valence-electron chi connectivity index (χ4n) is 3.43.